The smallest absolute Gasteiger partial charge is 0.302 e. The Kier molecular flexibility index (Phi) is 8.06. The number of hydrogen-bond donors (Lipinski definition) is 2. The van der Waals surface area contributed by atoms with Crippen molar-refractivity contribution in [2.45, 2.75) is 91.3 Å². The van der Waals surface area contributed by atoms with Crippen LogP contribution in [-0.2, 0) is 9.53 Å². The summed E-state index contributed by atoms with van der Waals surface area (Å²) in [5.74, 6) is 0.408. The quantitative estimate of drug-likeness (QED) is 0.430. The number of nitrogens with one attached hydrogen (secondary N) is 1. The second kappa shape index (κ2) is 11.0. The van der Waals surface area contributed by atoms with Gasteiger partial charge in [0, 0.05) is 35.9 Å². The van der Waals surface area contributed by atoms with E-state index in [1.54, 1.807) is 0 Å². The van der Waals surface area contributed by atoms with Crippen molar-refractivity contribution in [1.29, 1.82) is 0 Å². The third kappa shape index (κ3) is 4.99. The number of esters is 1. The van der Waals surface area contributed by atoms with Crippen LogP contribution >= 0.6 is 0 Å². The van der Waals surface area contributed by atoms with Gasteiger partial charge in [-0.2, -0.15) is 0 Å². The molecule has 0 spiro atoms. The summed E-state index contributed by atoms with van der Waals surface area (Å²) in [5.41, 5.74) is 3.07. The van der Waals surface area contributed by atoms with Crippen molar-refractivity contribution in [3.05, 3.63) is 59.2 Å². The number of carbonyl (C=O) groups excluding carboxylic acids is 2. The molecule has 2 saturated carbocycles. The first kappa shape index (κ1) is 30.0. The van der Waals surface area contributed by atoms with Crippen molar-refractivity contribution < 1.29 is 19.4 Å². The summed E-state index contributed by atoms with van der Waals surface area (Å²) >= 11 is 0. The summed E-state index contributed by atoms with van der Waals surface area (Å²) < 4.78 is 5.72. The van der Waals surface area contributed by atoms with Crippen molar-refractivity contribution in [2.75, 3.05) is 20.7 Å². The van der Waals surface area contributed by atoms with Gasteiger partial charge in [0.1, 0.15) is 0 Å². The summed E-state index contributed by atoms with van der Waals surface area (Å²) in [6.07, 6.45) is 10.1. The van der Waals surface area contributed by atoms with Crippen LogP contribution in [0, 0.1) is 34.0 Å². The molecule has 6 nitrogen and oxygen atoms in total. The summed E-state index contributed by atoms with van der Waals surface area (Å²) in [7, 11) is 4.25. The molecule has 0 heterocycles. The molecule has 9 atom stereocenters. The van der Waals surface area contributed by atoms with Crippen LogP contribution in [0.1, 0.15) is 83.5 Å². The Morgan fingerprint density at radius 2 is 1.76 bits per heavy atom. The number of rotatable bonds is 6. The van der Waals surface area contributed by atoms with E-state index < -0.39 is 5.41 Å². The third-order valence-corrected chi connectivity index (χ3v) is 12.1. The monoisotopic (exact) mass is 562 g/mol. The molecule has 1 aromatic rings. The van der Waals surface area contributed by atoms with E-state index in [1.807, 2.05) is 30.3 Å². The van der Waals surface area contributed by atoms with Gasteiger partial charge in [0.05, 0.1) is 12.7 Å². The lowest BCUT2D eigenvalue weighted by molar-refractivity contribution is -0.146. The molecule has 224 valence electrons. The standard InChI is InChI=1S/C35H50N2O4/c1-22(37(6)7)31-29(39)20-35(5)28-15-14-27-25(19-26(28)17-18-34(31,35)4)13-16-30(33(27,3)21-41-23(2)38)36-32(40)24-11-9-8-10-12-24/h8-12,17,19,22,27-31,39H,13-16,18,20-21H2,1-7H3,(H,36,40)/t22-,27+,28+,29+,30-,31-,33+,34+,35-/m0/s1. The van der Waals surface area contributed by atoms with E-state index in [-0.39, 0.29) is 53.3 Å². The zero-order valence-corrected chi connectivity index (χ0v) is 26.1. The number of aliphatic hydroxyl groups is 1. The number of carbonyl (C=O) groups is 2. The van der Waals surface area contributed by atoms with Gasteiger partial charge in [0.25, 0.3) is 5.91 Å². The average molecular weight is 563 g/mol. The van der Waals surface area contributed by atoms with Gasteiger partial charge in [-0.3, -0.25) is 9.59 Å². The predicted molar refractivity (Wildman–Crippen MR) is 162 cm³/mol. The summed E-state index contributed by atoms with van der Waals surface area (Å²) in [6, 6.07) is 9.55. The fraction of sp³-hybridized carbons (Fsp3) is 0.657. The molecule has 0 unspecified atom stereocenters. The van der Waals surface area contributed by atoms with Crippen LogP contribution in [-0.4, -0.2) is 60.8 Å². The molecule has 1 amide bonds. The molecule has 4 aliphatic carbocycles. The van der Waals surface area contributed by atoms with E-state index >= 15 is 0 Å². The maximum atomic E-state index is 13.3. The van der Waals surface area contributed by atoms with Gasteiger partial charge < -0.3 is 20.1 Å². The highest BCUT2D eigenvalue weighted by atomic mass is 16.5. The molecule has 0 aromatic heterocycles. The first-order chi connectivity index (χ1) is 19.3. The average Bonchev–Trinajstić information content (AvgIpc) is 3.04. The molecule has 2 fully saturated rings. The number of allylic oxidation sites excluding steroid dienone is 4. The molecule has 0 radical (unpaired) electrons. The molecule has 4 aliphatic rings. The Balaban J connectivity index is 1.46. The Morgan fingerprint density at radius 1 is 1.07 bits per heavy atom. The first-order valence-corrected chi connectivity index (χ1v) is 15.6. The van der Waals surface area contributed by atoms with E-state index in [4.69, 9.17) is 4.74 Å². The summed E-state index contributed by atoms with van der Waals surface area (Å²) in [6.45, 7) is 11.1. The molecule has 0 aliphatic heterocycles. The van der Waals surface area contributed by atoms with E-state index in [0.29, 0.717) is 17.5 Å². The Morgan fingerprint density at radius 3 is 2.41 bits per heavy atom. The predicted octanol–water partition coefficient (Wildman–Crippen LogP) is 5.77. The molecular formula is C35H50N2O4. The van der Waals surface area contributed by atoms with Crippen LogP contribution in [0.5, 0.6) is 0 Å². The molecule has 0 bridgehead atoms. The normalized spacial score (nSPS) is 38.9. The number of amides is 1. The number of nitrogens with zero attached hydrogens (tertiary/aromatic N) is 1. The van der Waals surface area contributed by atoms with Crippen LogP contribution in [0.3, 0.4) is 0 Å². The molecular weight excluding hydrogens is 512 g/mol. The van der Waals surface area contributed by atoms with Crippen molar-refractivity contribution in [2.24, 2.45) is 34.0 Å². The highest BCUT2D eigenvalue weighted by Gasteiger charge is 2.64. The van der Waals surface area contributed by atoms with Crippen LogP contribution < -0.4 is 5.32 Å². The molecule has 41 heavy (non-hydrogen) atoms. The number of aliphatic hydroxyl groups excluding tert-OH is 1. The number of benzene rings is 1. The minimum absolute atomic E-state index is 0.00548. The molecule has 5 rings (SSSR count). The minimum atomic E-state index is -0.421. The lowest BCUT2D eigenvalue weighted by Crippen LogP contribution is -2.55. The number of hydrogen-bond acceptors (Lipinski definition) is 5. The summed E-state index contributed by atoms with van der Waals surface area (Å²) in [5, 5.41) is 14.8. The van der Waals surface area contributed by atoms with Gasteiger partial charge in [-0.25, -0.2) is 0 Å². The third-order valence-electron chi connectivity index (χ3n) is 12.1. The minimum Gasteiger partial charge on any atom is -0.465 e. The lowest BCUT2D eigenvalue weighted by atomic mass is 9.51. The van der Waals surface area contributed by atoms with Gasteiger partial charge in [-0.1, -0.05) is 56.7 Å². The topological polar surface area (TPSA) is 78.9 Å². The van der Waals surface area contributed by atoms with Gasteiger partial charge in [0.2, 0.25) is 0 Å². The molecule has 0 saturated heterocycles. The maximum Gasteiger partial charge on any atom is 0.302 e. The SMILES string of the molecule is CC(=O)OC[C@@]1(C)[C@@H](NC(=O)c2ccccc2)CCC2=CC3=CC[C@]4(C)[C@@H]([C@H](C)N(C)C)[C@H](O)C[C@@]4(C)[C@@H]3CC[C@H]21. The lowest BCUT2D eigenvalue weighted by Gasteiger charge is -2.53. The summed E-state index contributed by atoms with van der Waals surface area (Å²) in [4.78, 5) is 27.5. The highest BCUT2D eigenvalue weighted by molar-refractivity contribution is 5.94. The van der Waals surface area contributed by atoms with Gasteiger partial charge >= 0.3 is 5.97 Å². The van der Waals surface area contributed by atoms with Gasteiger partial charge in [0.15, 0.2) is 0 Å². The number of fused-ring (bicyclic) bond motifs is 4. The molecule has 6 heteroatoms. The van der Waals surface area contributed by atoms with Crippen molar-refractivity contribution in [1.82, 2.24) is 10.2 Å². The molecule has 2 N–H and O–H groups in total. The van der Waals surface area contributed by atoms with E-state index in [0.717, 1.165) is 38.5 Å². The van der Waals surface area contributed by atoms with E-state index in [2.05, 4.69) is 64.2 Å². The van der Waals surface area contributed by atoms with Gasteiger partial charge in [-0.05, 0) is 99.9 Å². The van der Waals surface area contributed by atoms with Crippen LogP contribution in [0.25, 0.3) is 0 Å². The van der Waals surface area contributed by atoms with E-state index in [9.17, 15) is 14.7 Å². The zero-order chi connectivity index (χ0) is 29.7. The zero-order valence-electron chi connectivity index (χ0n) is 26.1. The maximum absolute atomic E-state index is 13.3. The molecule has 1 aromatic carbocycles. The second-order valence-electron chi connectivity index (χ2n) is 14.4. The fourth-order valence-electron chi connectivity index (χ4n) is 9.41. The van der Waals surface area contributed by atoms with Crippen molar-refractivity contribution >= 4 is 11.9 Å². The van der Waals surface area contributed by atoms with Crippen molar-refractivity contribution in [3.63, 3.8) is 0 Å². The number of ether oxygens (including phenoxy) is 1. The van der Waals surface area contributed by atoms with E-state index in [1.165, 1.54) is 18.1 Å². The van der Waals surface area contributed by atoms with Crippen LogP contribution in [0.4, 0.5) is 0 Å². The first-order valence-electron chi connectivity index (χ1n) is 15.6. The van der Waals surface area contributed by atoms with Gasteiger partial charge in [-0.15, -0.1) is 0 Å². The second-order valence-corrected chi connectivity index (χ2v) is 14.4. The van der Waals surface area contributed by atoms with Crippen LogP contribution in [0.2, 0.25) is 0 Å². The fourth-order valence-corrected chi connectivity index (χ4v) is 9.41. The van der Waals surface area contributed by atoms with Crippen molar-refractivity contribution in [3.8, 4) is 0 Å². The Hall–Kier alpha value is -2.44. The Bertz CT molecular complexity index is 1220. The Labute approximate surface area is 246 Å². The van der Waals surface area contributed by atoms with Crippen LogP contribution in [0.15, 0.2) is 53.6 Å². The highest BCUT2D eigenvalue weighted by Crippen LogP contribution is 2.68. The largest absolute Gasteiger partial charge is 0.465 e.